The van der Waals surface area contributed by atoms with Gasteiger partial charge in [0.1, 0.15) is 14.9 Å². The van der Waals surface area contributed by atoms with E-state index >= 15 is 0 Å². The van der Waals surface area contributed by atoms with E-state index < -0.39 is 3.55 Å². The molecule has 0 saturated carbocycles. The van der Waals surface area contributed by atoms with Crippen LogP contribution >= 0.6 is 22.6 Å². The molecule has 14 N–H and O–H groups in total. The number of hydrogen-bond donors (Lipinski definition) is 7. The minimum Gasteiger partial charge on any atom is -0.437 e. The second kappa shape index (κ2) is 3.62. The monoisotopic (exact) mass is 363 g/mol. The van der Waals surface area contributed by atoms with Gasteiger partial charge >= 0.3 is 0 Å². The number of benzene rings is 1. The van der Waals surface area contributed by atoms with E-state index in [-0.39, 0.29) is 40.1 Å². The molecule has 1 heterocycles. The minimum atomic E-state index is -1.16. The summed E-state index contributed by atoms with van der Waals surface area (Å²) in [6.45, 7) is 0. The van der Waals surface area contributed by atoms with E-state index in [0.717, 1.165) is 0 Å². The Labute approximate surface area is 117 Å². The third kappa shape index (κ3) is 1.40. The summed E-state index contributed by atoms with van der Waals surface area (Å²) in [7, 11) is 0. The van der Waals surface area contributed by atoms with Gasteiger partial charge in [-0.2, -0.15) is 0 Å². The molecular weight excluding hydrogens is 349 g/mol. The number of hydrogen-bond acceptors (Lipinski definition) is 8. The van der Waals surface area contributed by atoms with Gasteiger partial charge in [0.15, 0.2) is 5.75 Å². The molecule has 0 fully saturated rings. The Morgan fingerprint density at radius 3 is 1.89 bits per heavy atom. The lowest BCUT2D eigenvalue weighted by atomic mass is 9.96. The van der Waals surface area contributed by atoms with Crippen molar-refractivity contribution in [3.63, 3.8) is 0 Å². The molecule has 0 aromatic heterocycles. The van der Waals surface area contributed by atoms with Crippen LogP contribution in [0.2, 0.25) is 0 Å². The maximum absolute atomic E-state index is 6.12. The Morgan fingerprint density at radius 1 is 0.833 bits per heavy atom. The second-order valence-electron chi connectivity index (χ2n) is 3.95. The highest BCUT2D eigenvalue weighted by Crippen LogP contribution is 2.52. The fourth-order valence-electron chi connectivity index (χ4n) is 1.75. The molecule has 0 amide bonds. The number of rotatable bonds is 0. The molecule has 1 aromatic rings. The number of nitrogen functional groups attached to an aromatic ring is 4. The van der Waals surface area contributed by atoms with Gasteiger partial charge in [0, 0.05) is 0 Å². The number of alkyl halides is 1. The van der Waals surface area contributed by atoms with Gasteiger partial charge in [-0.15, -0.1) is 0 Å². The number of nitrogens with two attached hydrogens (primary N) is 7. The van der Waals surface area contributed by atoms with Crippen LogP contribution < -0.4 is 44.9 Å². The SMILES string of the molecule is NC1=C(N)C(N)(I)c2c(N)c(N)c(N)c(N)c2O1. The fraction of sp³-hybridized carbons (Fsp3) is 0.111. The van der Waals surface area contributed by atoms with Crippen molar-refractivity contribution in [2.45, 2.75) is 3.55 Å². The van der Waals surface area contributed by atoms with Crippen molar-refractivity contribution < 1.29 is 4.74 Å². The topological polar surface area (TPSA) is 191 Å². The lowest BCUT2D eigenvalue weighted by Crippen LogP contribution is -2.43. The van der Waals surface area contributed by atoms with Crippen molar-refractivity contribution in [3.05, 3.63) is 17.1 Å². The third-order valence-corrected chi connectivity index (χ3v) is 3.97. The van der Waals surface area contributed by atoms with Crippen LogP contribution in [0.5, 0.6) is 5.75 Å². The van der Waals surface area contributed by atoms with Crippen LogP contribution in [-0.4, -0.2) is 0 Å². The normalized spacial score (nSPS) is 22.6. The van der Waals surface area contributed by atoms with E-state index in [1.807, 2.05) is 22.6 Å². The van der Waals surface area contributed by atoms with Crippen molar-refractivity contribution in [1.82, 2.24) is 0 Å². The summed E-state index contributed by atoms with van der Waals surface area (Å²) in [5.41, 5.74) is 42.0. The zero-order chi connectivity index (χ0) is 13.8. The van der Waals surface area contributed by atoms with Gasteiger partial charge in [0.25, 0.3) is 0 Å². The molecule has 0 spiro atoms. The molecule has 1 aliphatic heterocycles. The van der Waals surface area contributed by atoms with Crippen LogP contribution in [0.1, 0.15) is 5.56 Å². The lowest BCUT2D eigenvalue weighted by molar-refractivity contribution is 0.383. The molecule has 9 heteroatoms. The molecule has 8 nitrogen and oxygen atoms in total. The van der Waals surface area contributed by atoms with Crippen LogP contribution in [0.3, 0.4) is 0 Å². The molecule has 1 aliphatic rings. The zero-order valence-electron chi connectivity index (χ0n) is 9.33. The van der Waals surface area contributed by atoms with Crippen LogP contribution in [0, 0.1) is 0 Å². The molecule has 18 heavy (non-hydrogen) atoms. The van der Waals surface area contributed by atoms with Crippen LogP contribution in [0.15, 0.2) is 11.6 Å². The van der Waals surface area contributed by atoms with E-state index in [4.69, 9.17) is 44.9 Å². The summed E-state index contributed by atoms with van der Waals surface area (Å²) in [5, 5.41) is 0. The van der Waals surface area contributed by atoms with E-state index in [1.165, 1.54) is 0 Å². The van der Waals surface area contributed by atoms with Gasteiger partial charge < -0.3 is 44.9 Å². The standard InChI is InChI=1S/C9H14IN7O/c10-9(17)1-2(11)3(12)4(13)5(14)6(1)18-8(16)7(9)15/h11-17H2. The quantitative estimate of drug-likeness (QED) is 0.133. The first-order valence-corrected chi connectivity index (χ1v) is 5.95. The molecule has 0 saturated heterocycles. The highest BCUT2D eigenvalue weighted by molar-refractivity contribution is 14.1. The number of anilines is 4. The first-order chi connectivity index (χ1) is 8.19. The molecule has 2 rings (SSSR count). The highest BCUT2D eigenvalue weighted by atomic mass is 127. The van der Waals surface area contributed by atoms with E-state index in [2.05, 4.69) is 0 Å². The summed E-state index contributed by atoms with van der Waals surface area (Å²) in [5.74, 6) is 0.164. The first kappa shape index (κ1) is 12.7. The van der Waals surface area contributed by atoms with E-state index in [9.17, 15) is 0 Å². The second-order valence-corrected chi connectivity index (χ2v) is 5.65. The highest BCUT2D eigenvalue weighted by Gasteiger charge is 2.41. The van der Waals surface area contributed by atoms with Crippen molar-refractivity contribution in [2.24, 2.45) is 17.2 Å². The number of ether oxygens (including phenoxy) is 1. The van der Waals surface area contributed by atoms with Crippen LogP contribution in [0.25, 0.3) is 0 Å². The third-order valence-electron chi connectivity index (χ3n) is 2.84. The predicted molar refractivity (Wildman–Crippen MR) is 80.0 cm³/mol. The molecule has 0 bridgehead atoms. The van der Waals surface area contributed by atoms with Gasteiger partial charge in [-0.05, 0) is 22.6 Å². The Bertz CT molecular complexity index is 581. The van der Waals surface area contributed by atoms with Crippen molar-refractivity contribution >= 4 is 45.3 Å². The van der Waals surface area contributed by atoms with Crippen LogP contribution in [-0.2, 0) is 3.55 Å². The zero-order valence-corrected chi connectivity index (χ0v) is 11.5. The van der Waals surface area contributed by atoms with Crippen molar-refractivity contribution in [3.8, 4) is 5.75 Å². The van der Waals surface area contributed by atoms with E-state index in [1.54, 1.807) is 0 Å². The minimum absolute atomic E-state index is 0.0327. The molecule has 0 aliphatic carbocycles. The largest absolute Gasteiger partial charge is 0.437 e. The van der Waals surface area contributed by atoms with Crippen LogP contribution in [0.4, 0.5) is 22.7 Å². The molecule has 0 radical (unpaired) electrons. The summed E-state index contributed by atoms with van der Waals surface area (Å²) in [6.07, 6.45) is 0. The van der Waals surface area contributed by atoms with E-state index in [0.29, 0.717) is 5.56 Å². The van der Waals surface area contributed by atoms with Gasteiger partial charge in [0.05, 0.1) is 22.6 Å². The molecule has 1 aromatic carbocycles. The summed E-state index contributed by atoms with van der Waals surface area (Å²) < 4.78 is 4.18. The number of halogens is 1. The lowest BCUT2D eigenvalue weighted by Gasteiger charge is -2.34. The van der Waals surface area contributed by atoms with Gasteiger partial charge in [0.2, 0.25) is 5.88 Å². The Balaban J connectivity index is 2.88. The first-order valence-electron chi connectivity index (χ1n) is 4.87. The Morgan fingerprint density at radius 2 is 1.33 bits per heavy atom. The van der Waals surface area contributed by atoms with Gasteiger partial charge in [-0.3, -0.25) is 0 Å². The molecular formula is C9H14IN7O. The molecule has 98 valence electrons. The smallest absolute Gasteiger partial charge is 0.213 e. The average molecular weight is 363 g/mol. The van der Waals surface area contributed by atoms with Gasteiger partial charge in [-0.1, -0.05) is 0 Å². The van der Waals surface area contributed by atoms with Crippen molar-refractivity contribution in [2.75, 3.05) is 22.9 Å². The Hall–Kier alpha value is -1.75. The summed E-state index contributed by atoms with van der Waals surface area (Å²) >= 11 is 1.90. The Kier molecular flexibility index (Phi) is 2.55. The maximum Gasteiger partial charge on any atom is 0.213 e. The number of fused-ring (bicyclic) bond motifs is 1. The fourth-order valence-corrected chi connectivity index (χ4v) is 2.55. The summed E-state index contributed by atoms with van der Waals surface area (Å²) in [6, 6.07) is 0. The maximum atomic E-state index is 6.12. The summed E-state index contributed by atoms with van der Waals surface area (Å²) in [4.78, 5) is 0. The van der Waals surface area contributed by atoms with Crippen molar-refractivity contribution in [1.29, 1.82) is 0 Å². The molecule has 1 unspecified atom stereocenters. The average Bonchev–Trinajstić information content (AvgIpc) is 2.30. The molecule has 1 atom stereocenters. The predicted octanol–water partition coefficient (Wildman–Crippen LogP) is -0.959. The van der Waals surface area contributed by atoms with Gasteiger partial charge in [-0.25, -0.2) is 0 Å².